The smallest absolute Gasteiger partial charge is 0.305 e. The molecular formula is C17H14Br2N2O5. The van der Waals surface area contributed by atoms with Gasteiger partial charge in [-0.05, 0) is 51.8 Å². The van der Waals surface area contributed by atoms with Crippen LogP contribution in [-0.4, -0.2) is 29.4 Å². The Kier molecular flexibility index (Phi) is 7.16. The second-order valence-electron chi connectivity index (χ2n) is 5.07. The van der Waals surface area contributed by atoms with Gasteiger partial charge >= 0.3 is 5.97 Å². The molecule has 1 heterocycles. The molecule has 9 heteroatoms. The van der Waals surface area contributed by atoms with Gasteiger partial charge in [0.15, 0.2) is 10.4 Å². The van der Waals surface area contributed by atoms with E-state index in [-0.39, 0.29) is 24.4 Å². The van der Waals surface area contributed by atoms with Crippen LogP contribution in [0, 0.1) is 0 Å². The summed E-state index contributed by atoms with van der Waals surface area (Å²) in [5.41, 5.74) is 0.646. The number of rotatable bonds is 7. The van der Waals surface area contributed by atoms with E-state index in [0.717, 1.165) is 4.47 Å². The minimum absolute atomic E-state index is 0.0249. The van der Waals surface area contributed by atoms with Gasteiger partial charge in [0, 0.05) is 11.0 Å². The van der Waals surface area contributed by atoms with Gasteiger partial charge in [-0.1, -0.05) is 28.1 Å². The number of carboxylic acids is 1. The summed E-state index contributed by atoms with van der Waals surface area (Å²) < 4.78 is 6.41. The molecule has 2 aromatic rings. The Bertz CT molecular complexity index is 843. The van der Waals surface area contributed by atoms with Crippen LogP contribution in [0.4, 0.5) is 0 Å². The Labute approximate surface area is 165 Å². The third-order valence-electron chi connectivity index (χ3n) is 3.10. The van der Waals surface area contributed by atoms with Gasteiger partial charge in [0.2, 0.25) is 0 Å². The van der Waals surface area contributed by atoms with Gasteiger partial charge in [0.1, 0.15) is 5.70 Å². The Morgan fingerprint density at radius 1 is 1.08 bits per heavy atom. The van der Waals surface area contributed by atoms with E-state index in [1.54, 1.807) is 30.3 Å². The molecule has 0 aliphatic carbocycles. The fourth-order valence-electron chi connectivity index (χ4n) is 1.88. The van der Waals surface area contributed by atoms with Gasteiger partial charge < -0.3 is 20.2 Å². The van der Waals surface area contributed by atoms with E-state index in [9.17, 15) is 14.4 Å². The van der Waals surface area contributed by atoms with Crippen LogP contribution in [-0.2, 0) is 9.59 Å². The van der Waals surface area contributed by atoms with Crippen molar-refractivity contribution in [2.45, 2.75) is 6.42 Å². The highest BCUT2D eigenvalue weighted by Gasteiger charge is 2.17. The summed E-state index contributed by atoms with van der Waals surface area (Å²) in [6.07, 6.45) is 1.26. The lowest BCUT2D eigenvalue weighted by atomic mass is 10.2. The molecule has 0 radical (unpaired) electrons. The molecule has 7 nitrogen and oxygen atoms in total. The monoisotopic (exact) mass is 484 g/mol. The number of carbonyl (C=O) groups is 3. The standard InChI is InChI=1S/C17H14Br2N2O5/c18-11-3-1-10(2-4-11)9-12(16(24)20-8-7-15(22)23)21-17(25)13-5-6-14(19)26-13/h1-6,9H,7-8H2,(H,20,24)(H,21,25)(H,22,23)/b12-9+. The van der Waals surface area contributed by atoms with Crippen molar-refractivity contribution in [3.63, 3.8) is 0 Å². The topological polar surface area (TPSA) is 109 Å². The van der Waals surface area contributed by atoms with Crippen LogP contribution in [0.1, 0.15) is 22.5 Å². The third kappa shape index (κ3) is 6.16. The number of furan rings is 1. The van der Waals surface area contributed by atoms with Crippen LogP contribution >= 0.6 is 31.9 Å². The molecule has 0 atom stereocenters. The molecule has 136 valence electrons. The van der Waals surface area contributed by atoms with Gasteiger partial charge in [-0.3, -0.25) is 14.4 Å². The van der Waals surface area contributed by atoms with Crippen molar-refractivity contribution in [2.24, 2.45) is 0 Å². The van der Waals surface area contributed by atoms with Crippen molar-refractivity contribution >= 4 is 55.7 Å². The van der Waals surface area contributed by atoms with E-state index in [1.807, 2.05) is 0 Å². The summed E-state index contributed by atoms with van der Waals surface area (Å²) in [5, 5.41) is 13.6. The largest absolute Gasteiger partial charge is 0.481 e. The zero-order valence-corrected chi connectivity index (χ0v) is 16.5. The van der Waals surface area contributed by atoms with E-state index in [4.69, 9.17) is 9.52 Å². The Morgan fingerprint density at radius 3 is 2.35 bits per heavy atom. The molecule has 2 amide bonds. The van der Waals surface area contributed by atoms with E-state index in [0.29, 0.717) is 10.2 Å². The van der Waals surface area contributed by atoms with Gasteiger partial charge in [0.25, 0.3) is 11.8 Å². The Balaban J connectivity index is 2.19. The van der Waals surface area contributed by atoms with Crippen LogP contribution in [0.25, 0.3) is 6.08 Å². The van der Waals surface area contributed by atoms with Crippen LogP contribution < -0.4 is 10.6 Å². The van der Waals surface area contributed by atoms with E-state index < -0.39 is 17.8 Å². The molecule has 0 saturated heterocycles. The Hall–Kier alpha value is -2.39. The first kappa shape index (κ1) is 19.9. The number of hydrogen-bond donors (Lipinski definition) is 3. The first-order valence-corrected chi connectivity index (χ1v) is 8.97. The molecule has 0 fully saturated rings. The molecule has 2 rings (SSSR count). The number of hydrogen-bond acceptors (Lipinski definition) is 4. The first-order valence-electron chi connectivity index (χ1n) is 7.39. The number of halogens is 2. The summed E-state index contributed by atoms with van der Waals surface area (Å²) in [6.45, 7) is -0.0615. The summed E-state index contributed by atoms with van der Waals surface area (Å²) >= 11 is 6.42. The minimum atomic E-state index is -1.03. The Morgan fingerprint density at radius 2 is 1.77 bits per heavy atom. The lowest BCUT2D eigenvalue weighted by molar-refractivity contribution is -0.136. The predicted molar refractivity (Wildman–Crippen MR) is 101 cm³/mol. The number of amides is 2. The maximum Gasteiger partial charge on any atom is 0.305 e. The lowest BCUT2D eigenvalue weighted by Crippen LogP contribution is -2.35. The zero-order chi connectivity index (χ0) is 19.1. The summed E-state index contributed by atoms with van der Waals surface area (Å²) in [5.74, 6) is -2.22. The second-order valence-corrected chi connectivity index (χ2v) is 6.76. The molecule has 0 spiro atoms. The molecule has 1 aromatic heterocycles. The number of carbonyl (C=O) groups excluding carboxylic acids is 2. The second kappa shape index (κ2) is 9.35. The lowest BCUT2D eigenvalue weighted by Gasteiger charge is -2.10. The van der Waals surface area contributed by atoms with Crippen molar-refractivity contribution < 1.29 is 23.9 Å². The maximum atomic E-state index is 12.3. The van der Waals surface area contributed by atoms with Crippen LogP contribution in [0.15, 0.2) is 55.7 Å². The maximum absolute atomic E-state index is 12.3. The highest BCUT2D eigenvalue weighted by molar-refractivity contribution is 9.10. The fraction of sp³-hybridized carbons (Fsp3) is 0.118. The number of nitrogens with one attached hydrogen (secondary N) is 2. The molecule has 0 unspecified atom stereocenters. The molecular weight excluding hydrogens is 472 g/mol. The summed E-state index contributed by atoms with van der Waals surface area (Å²) in [7, 11) is 0. The third-order valence-corrected chi connectivity index (χ3v) is 4.05. The normalized spacial score (nSPS) is 11.1. The highest BCUT2D eigenvalue weighted by Crippen LogP contribution is 2.15. The molecule has 0 saturated carbocycles. The van der Waals surface area contributed by atoms with Gasteiger partial charge in [-0.2, -0.15) is 0 Å². The van der Waals surface area contributed by atoms with Gasteiger partial charge in [0.05, 0.1) is 6.42 Å². The van der Waals surface area contributed by atoms with Crippen molar-refractivity contribution in [2.75, 3.05) is 6.54 Å². The minimum Gasteiger partial charge on any atom is -0.481 e. The average Bonchev–Trinajstić information content (AvgIpc) is 3.02. The molecule has 1 aromatic carbocycles. The summed E-state index contributed by atoms with van der Waals surface area (Å²) in [6, 6.07) is 10.1. The van der Waals surface area contributed by atoms with Crippen LogP contribution in [0.5, 0.6) is 0 Å². The summed E-state index contributed by atoms with van der Waals surface area (Å²) in [4.78, 5) is 35.2. The van der Waals surface area contributed by atoms with Crippen LogP contribution in [0.2, 0.25) is 0 Å². The zero-order valence-electron chi connectivity index (χ0n) is 13.3. The molecule has 3 N–H and O–H groups in total. The molecule has 0 bridgehead atoms. The predicted octanol–water partition coefficient (Wildman–Crippen LogP) is 3.17. The highest BCUT2D eigenvalue weighted by atomic mass is 79.9. The fourth-order valence-corrected chi connectivity index (χ4v) is 2.45. The van der Waals surface area contributed by atoms with Gasteiger partial charge in [-0.15, -0.1) is 0 Å². The van der Waals surface area contributed by atoms with E-state index in [1.165, 1.54) is 12.1 Å². The number of aliphatic carboxylic acids is 1. The molecule has 0 aliphatic rings. The number of benzene rings is 1. The van der Waals surface area contributed by atoms with Gasteiger partial charge in [-0.25, -0.2) is 0 Å². The van der Waals surface area contributed by atoms with Crippen molar-refractivity contribution in [1.29, 1.82) is 0 Å². The first-order chi connectivity index (χ1) is 12.3. The quantitative estimate of drug-likeness (QED) is 0.522. The molecule has 26 heavy (non-hydrogen) atoms. The van der Waals surface area contributed by atoms with Crippen molar-refractivity contribution in [3.05, 3.63) is 62.6 Å². The van der Waals surface area contributed by atoms with Crippen molar-refractivity contribution in [1.82, 2.24) is 10.6 Å². The average molecular weight is 486 g/mol. The molecule has 0 aliphatic heterocycles. The van der Waals surface area contributed by atoms with Crippen molar-refractivity contribution in [3.8, 4) is 0 Å². The SMILES string of the molecule is O=C(O)CCNC(=O)/C(=C\c1ccc(Br)cc1)NC(=O)c1ccc(Br)o1. The van der Waals surface area contributed by atoms with E-state index in [2.05, 4.69) is 42.5 Å². The van der Waals surface area contributed by atoms with E-state index >= 15 is 0 Å². The van der Waals surface area contributed by atoms with Crippen LogP contribution in [0.3, 0.4) is 0 Å². The number of carboxylic acid groups (broad SMARTS) is 1.